The molecule has 25 heavy (non-hydrogen) atoms. The van der Waals surface area contributed by atoms with Crippen LogP contribution in [0.5, 0.6) is 0 Å². The first kappa shape index (κ1) is 17.8. The fourth-order valence-electron chi connectivity index (χ4n) is 2.43. The summed E-state index contributed by atoms with van der Waals surface area (Å²) in [4.78, 5) is 18.5. The number of rotatable bonds is 4. The molecule has 1 aromatic heterocycles. The lowest BCUT2D eigenvalue weighted by molar-refractivity contribution is -0.117. The first-order chi connectivity index (χ1) is 12.1. The summed E-state index contributed by atoms with van der Waals surface area (Å²) >= 11 is 9.03. The number of carbonyl (C=O) groups is 1. The number of hydrogen-bond acceptors (Lipinski definition) is 3. The highest BCUT2D eigenvalue weighted by Gasteiger charge is 2.09. The van der Waals surface area contributed by atoms with Crippen molar-refractivity contribution in [1.29, 1.82) is 0 Å². The Kier molecular flexibility index (Phi) is 5.64. The molecule has 0 saturated heterocycles. The first-order valence-corrected chi connectivity index (χ1v) is 9.95. The van der Waals surface area contributed by atoms with Gasteiger partial charge in [-0.1, -0.05) is 41.0 Å². The molecule has 1 amide bonds. The van der Waals surface area contributed by atoms with Crippen molar-refractivity contribution in [2.75, 3.05) is 6.26 Å². The van der Waals surface area contributed by atoms with Gasteiger partial charge in [-0.3, -0.25) is 4.79 Å². The number of thioether (sulfide) groups is 1. The standard InChI is InChI=1S/C19H15ClN2OS2/c1-3-10-22-16-9-8-15(24-2)12-17(16)25-19(22)21-18(23)11-13-4-6-14(20)7-5-13/h1,4-9,12H,10-11H2,2H3. The lowest BCUT2D eigenvalue weighted by atomic mass is 10.1. The van der Waals surface area contributed by atoms with Crippen molar-refractivity contribution in [3.05, 3.63) is 57.9 Å². The van der Waals surface area contributed by atoms with Crippen molar-refractivity contribution in [3.8, 4) is 12.3 Å². The van der Waals surface area contributed by atoms with Crippen LogP contribution in [-0.2, 0) is 17.8 Å². The van der Waals surface area contributed by atoms with E-state index in [2.05, 4.69) is 17.0 Å². The molecule has 0 aliphatic carbocycles. The Bertz CT molecular complexity index is 1030. The molecule has 0 saturated carbocycles. The van der Waals surface area contributed by atoms with Crippen LogP contribution in [0, 0.1) is 12.3 Å². The van der Waals surface area contributed by atoms with Gasteiger partial charge in [0.1, 0.15) is 0 Å². The molecule has 1 heterocycles. The van der Waals surface area contributed by atoms with Gasteiger partial charge in [-0.15, -0.1) is 18.2 Å². The monoisotopic (exact) mass is 386 g/mol. The molecule has 0 bridgehead atoms. The molecule has 6 heteroatoms. The number of terminal acetylenes is 1. The zero-order valence-corrected chi connectivity index (χ0v) is 15.9. The van der Waals surface area contributed by atoms with Crippen LogP contribution in [-0.4, -0.2) is 16.7 Å². The molecule has 3 rings (SSSR count). The molecule has 3 aromatic rings. The van der Waals surface area contributed by atoms with Crippen molar-refractivity contribution in [1.82, 2.24) is 4.57 Å². The van der Waals surface area contributed by atoms with Crippen molar-refractivity contribution in [2.45, 2.75) is 17.9 Å². The Morgan fingerprint density at radius 2 is 2.08 bits per heavy atom. The molecule has 3 nitrogen and oxygen atoms in total. The fourth-order valence-corrected chi connectivity index (χ4v) is 4.16. The molecule has 126 valence electrons. The lowest BCUT2D eigenvalue weighted by Gasteiger charge is -2.01. The number of benzene rings is 2. The molecule has 0 aliphatic rings. The summed E-state index contributed by atoms with van der Waals surface area (Å²) < 4.78 is 2.98. The molecule has 0 fully saturated rings. The summed E-state index contributed by atoms with van der Waals surface area (Å²) in [5, 5.41) is 0.647. The third kappa shape index (κ3) is 4.16. The van der Waals surface area contributed by atoms with Gasteiger partial charge >= 0.3 is 0 Å². The van der Waals surface area contributed by atoms with Gasteiger partial charge in [-0.05, 0) is 42.2 Å². The van der Waals surface area contributed by atoms with Gasteiger partial charge in [0, 0.05) is 9.92 Å². The number of aromatic nitrogens is 1. The van der Waals surface area contributed by atoms with Crippen molar-refractivity contribution < 1.29 is 4.79 Å². The van der Waals surface area contributed by atoms with E-state index in [9.17, 15) is 4.79 Å². The van der Waals surface area contributed by atoms with Crippen molar-refractivity contribution in [2.24, 2.45) is 4.99 Å². The Balaban J connectivity index is 1.99. The van der Waals surface area contributed by atoms with Crippen LogP contribution in [0.15, 0.2) is 52.4 Å². The lowest BCUT2D eigenvalue weighted by Crippen LogP contribution is -2.17. The number of halogens is 1. The molecule has 0 atom stereocenters. The third-order valence-electron chi connectivity index (χ3n) is 3.63. The van der Waals surface area contributed by atoms with E-state index in [0.29, 0.717) is 16.4 Å². The van der Waals surface area contributed by atoms with Gasteiger partial charge < -0.3 is 4.57 Å². The van der Waals surface area contributed by atoms with Crippen LogP contribution in [0.2, 0.25) is 5.02 Å². The Morgan fingerprint density at radius 1 is 1.32 bits per heavy atom. The smallest absolute Gasteiger partial charge is 0.252 e. The summed E-state index contributed by atoms with van der Waals surface area (Å²) in [6, 6.07) is 13.4. The van der Waals surface area contributed by atoms with E-state index in [1.807, 2.05) is 35.1 Å². The number of hydrogen-bond donors (Lipinski definition) is 0. The van der Waals surface area contributed by atoms with E-state index >= 15 is 0 Å². The topological polar surface area (TPSA) is 34.4 Å². The quantitative estimate of drug-likeness (QED) is 0.492. The predicted octanol–water partition coefficient (Wildman–Crippen LogP) is 4.38. The van der Waals surface area contributed by atoms with Crippen LogP contribution >= 0.6 is 34.7 Å². The van der Waals surface area contributed by atoms with E-state index in [1.165, 1.54) is 16.2 Å². The largest absolute Gasteiger partial charge is 0.305 e. The summed E-state index contributed by atoms with van der Waals surface area (Å²) in [6.45, 7) is 0.381. The normalized spacial score (nSPS) is 11.6. The van der Waals surface area contributed by atoms with Gasteiger partial charge in [-0.2, -0.15) is 4.99 Å². The highest BCUT2D eigenvalue weighted by atomic mass is 35.5. The van der Waals surface area contributed by atoms with Crippen LogP contribution in [0.4, 0.5) is 0 Å². The minimum Gasteiger partial charge on any atom is -0.305 e. The minimum absolute atomic E-state index is 0.204. The molecule has 2 aromatic carbocycles. The second-order valence-corrected chi connectivity index (χ2v) is 7.64. The van der Waals surface area contributed by atoms with E-state index < -0.39 is 0 Å². The zero-order chi connectivity index (χ0) is 17.8. The maximum atomic E-state index is 12.4. The van der Waals surface area contributed by atoms with E-state index in [1.54, 1.807) is 23.9 Å². The van der Waals surface area contributed by atoms with E-state index in [-0.39, 0.29) is 12.3 Å². The SMILES string of the molecule is C#CCn1c(=NC(=O)Cc2ccc(Cl)cc2)sc2cc(SC)ccc21. The third-order valence-corrected chi connectivity index (χ3v) is 5.65. The van der Waals surface area contributed by atoms with Gasteiger partial charge in [-0.25, -0.2) is 0 Å². The summed E-state index contributed by atoms with van der Waals surface area (Å²) in [5.41, 5.74) is 1.88. The number of carbonyl (C=O) groups excluding carboxylic acids is 1. The van der Waals surface area contributed by atoms with Crippen LogP contribution in [0.3, 0.4) is 0 Å². The van der Waals surface area contributed by atoms with Crippen LogP contribution < -0.4 is 4.80 Å². The fraction of sp³-hybridized carbons (Fsp3) is 0.158. The second kappa shape index (κ2) is 7.92. The summed E-state index contributed by atoms with van der Waals surface area (Å²) in [7, 11) is 0. The van der Waals surface area contributed by atoms with Gasteiger partial charge in [0.15, 0.2) is 4.80 Å². The number of thiazole rings is 1. The first-order valence-electron chi connectivity index (χ1n) is 7.53. The molecule has 0 spiro atoms. The van der Waals surface area contributed by atoms with E-state index in [0.717, 1.165) is 15.8 Å². The highest BCUT2D eigenvalue weighted by Crippen LogP contribution is 2.24. The van der Waals surface area contributed by atoms with Gasteiger partial charge in [0.25, 0.3) is 5.91 Å². The minimum atomic E-state index is -0.204. The number of amides is 1. The molecular formula is C19H15ClN2OS2. The van der Waals surface area contributed by atoms with Crippen molar-refractivity contribution >= 4 is 50.8 Å². The van der Waals surface area contributed by atoms with E-state index in [4.69, 9.17) is 18.0 Å². The van der Waals surface area contributed by atoms with Gasteiger partial charge in [0.05, 0.1) is 23.2 Å². The molecular weight excluding hydrogens is 372 g/mol. The zero-order valence-electron chi connectivity index (χ0n) is 13.5. The Morgan fingerprint density at radius 3 is 2.76 bits per heavy atom. The average molecular weight is 387 g/mol. The Labute approximate surface area is 159 Å². The van der Waals surface area contributed by atoms with Gasteiger partial charge in [0.2, 0.25) is 0 Å². The number of nitrogens with zero attached hydrogens (tertiary/aromatic N) is 2. The second-order valence-electron chi connectivity index (χ2n) is 5.32. The average Bonchev–Trinajstić information content (AvgIpc) is 2.93. The summed E-state index contributed by atoms with van der Waals surface area (Å²) in [6.07, 6.45) is 7.76. The molecule has 0 unspecified atom stereocenters. The number of fused-ring (bicyclic) bond motifs is 1. The molecule has 0 aliphatic heterocycles. The van der Waals surface area contributed by atoms with Crippen LogP contribution in [0.1, 0.15) is 5.56 Å². The molecule has 0 N–H and O–H groups in total. The molecule has 0 radical (unpaired) electrons. The highest BCUT2D eigenvalue weighted by molar-refractivity contribution is 7.98. The maximum absolute atomic E-state index is 12.4. The summed E-state index contributed by atoms with van der Waals surface area (Å²) in [5.74, 6) is 2.43. The van der Waals surface area contributed by atoms with Crippen LogP contribution in [0.25, 0.3) is 10.2 Å². The maximum Gasteiger partial charge on any atom is 0.252 e. The van der Waals surface area contributed by atoms with Crippen molar-refractivity contribution in [3.63, 3.8) is 0 Å². The Hall–Kier alpha value is -2.00. The predicted molar refractivity (Wildman–Crippen MR) is 106 cm³/mol.